The average molecular weight is 264 g/mol. The summed E-state index contributed by atoms with van der Waals surface area (Å²) in [6, 6.07) is 0. The normalized spacial score (nSPS) is 20.1. The Hall–Kier alpha value is -0.870. The second-order valence-electron chi connectivity index (χ2n) is 5.86. The monoisotopic (exact) mass is 264 g/mol. The van der Waals surface area contributed by atoms with Gasteiger partial charge in [-0.1, -0.05) is 6.92 Å². The molecule has 19 heavy (non-hydrogen) atoms. The molecule has 1 aromatic rings. The first kappa shape index (κ1) is 14.5. The van der Waals surface area contributed by atoms with Crippen LogP contribution in [0.2, 0.25) is 0 Å². The molecule has 1 saturated heterocycles. The molecule has 0 aromatic carbocycles. The smallest absolute Gasteiger partial charge is 0.0638 e. The van der Waals surface area contributed by atoms with Crippen molar-refractivity contribution in [1.82, 2.24) is 20.0 Å². The van der Waals surface area contributed by atoms with Gasteiger partial charge in [-0.3, -0.25) is 9.58 Å². The van der Waals surface area contributed by atoms with Crippen LogP contribution in [0.25, 0.3) is 0 Å². The Morgan fingerprint density at radius 1 is 1.53 bits per heavy atom. The van der Waals surface area contributed by atoms with Gasteiger partial charge in [0.05, 0.1) is 5.69 Å². The van der Waals surface area contributed by atoms with Crippen LogP contribution in [0.1, 0.15) is 37.4 Å². The van der Waals surface area contributed by atoms with Crippen molar-refractivity contribution in [3.8, 4) is 0 Å². The van der Waals surface area contributed by atoms with Crippen LogP contribution in [0.4, 0.5) is 0 Å². The number of piperidine rings is 1. The SMILES string of the molecule is CCCN(Cc1cn(C)nc1C)CC1CCCNC1. The van der Waals surface area contributed by atoms with E-state index in [9.17, 15) is 0 Å². The number of aryl methyl sites for hydroxylation is 2. The van der Waals surface area contributed by atoms with Gasteiger partial charge in [0.2, 0.25) is 0 Å². The third-order valence-electron chi connectivity index (χ3n) is 3.96. The molecule has 2 rings (SSSR count). The van der Waals surface area contributed by atoms with Crippen LogP contribution in [-0.2, 0) is 13.6 Å². The summed E-state index contributed by atoms with van der Waals surface area (Å²) in [7, 11) is 2.01. The molecule has 1 atom stereocenters. The molecular formula is C15H28N4. The van der Waals surface area contributed by atoms with Gasteiger partial charge in [0.15, 0.2) is 0 Å². The summed E-state index contributed by atoms with van der Waals surface area (Å²) >= 11 is 0. The van der Waals surface area contributed by atoms with E-state index in [0.717, 1.165) is 12.5 Å². The zero-order valence-electron chi connectivity index (χ0n) is 12.7. The average Bonchev–Trinajstić information content (AvgIpc) is 2.69. The van der Waals surface area contributed by atoms with Crippen molar-refractivity contribution < 1.29 is 0 Å². The van der Waals surface area contributed by atoms with Gasteiger partial charge >= 0.3 is 0 Å². The van der Waals surface area contributed by atoms with Gasteiger partial charge < -0.3 is 5.32 Å². The maximum absolute atomic E-state index is 4.45. The molecule has 4 nitrogen and oxygen atoms in total. The maximum atomic E-state index is 4.45. The molecule has 1 N–H and O–H groups in total. The van der Waals surface area contributed by atoms with Crippen LogP contribution in [0.15, 0.2) is 6.20 Å². The van der Waals surface area contributed by atoms with Gasteiger partial charge in [0.25, 0.3) is 0 Å². The van der Waals surface area contributed by atoms with E-state index in [1.54, 1.807) is 0 Å². The molecule has 4 heteroatoms. The van der Waals surface area contributed by atoms with E-state index >= 15 is 0 Å². The lowest BCUT2D eigenvalue weighted by molar-refractivity contribution is 0.201. The lowest BCUT2D eigenvalue weighted by Crippen LogP contribution is -2.38. The van der Waals surface area contributed by atoms with Gasteiger partial charge in [-0.2, -0.15) is 5.10 Å². The number of aromatic nitrogens is 2. The lowest BCUT2D eigenvalue weighted by atomic mass is 9.99. The number of rotatable bonds is 6. The third kappa shape index (κ3) is 4.32. The van der Waals surface area contributed by atoms with E-state index in [-0.39, 0.29) is 0 Å². The molecule has 0 aliphatic carbocycles. The van der Waals surface area contributed by atoms with Gasteiger partial charge in [-0.25, -0.2) is 0 Å². The minimum absolute atomic E-state index is 0.817. The highest BCUT2D eigenvalue weighted by atomic mass is 15.3. The number of hydrogen-bond donors (Lipinski definition) is 1. The summed E-state index contributed by atoms with van der Waals surface area (Å²) in [5.74, 6) is 0.817. The van der Waals surface area contributed by atoms with Crippen LogP contribution < -0.4 is 5.32 Å². The van der Waals surface area contributed by atoms with Gasteiger partial charge in [-0.05, 0) is 51.7 Å². The van der Waals surface area contributed by atoms with Crippen LogP contribution in [0, 0.1) is 12.8 Å². The fourth-order valence-electron chi connectivity index (χ4n) is 3.04. The van der Waals surface area contributed by atoms with E-state index in [2.05, 4.69) is 35.4 Å². The number of hydrogen-bond acceptors (Lipinski definition) is 3. The Morgan fingerprint density at radius 2 is 2.37 bits per heavy atom. The summed E-state index contributed by atoms with van der Waals surface area (Å²) in [5.41, 5.74) is 2.55. The Morgan fingerprint density at radius 3 is 2.95 bits per heavy atom. The Labute approximate surface area is 117 Å². The highest BCUT2D eigenvalue weighted by Gasteiger charge is 2.17. The summed E-state index contributed by atoms with van der Waals surface area (Å²) < 4.78 is 1.93. The van der Waals surface area contributed by atoms with Crippen molar-refractivity contribution in [1.29, 1.82) is 0 Å². The maximum Gasteiger partial charge on any atom is 0.0638 e. The summed E-state index contributed by atoms with van der Waals surface area (Å²) in [5, 5.41) is 7.97. The zero-order chi connectivity index (χ0) is 13.7. The van der Waals surface area contributed by atoms with Crippen molar-refractivity contribution in [2.45, 2.75) is 39.7 Å². The predicted molar refractivity (Wildman–Crippen MR) is 79.1 cm³/mol. The quantitative estimate of drug-likeness (QED) is 0.852. The van der Waals surface area contributed by atoms with Crippen molar-refractivity contribution in [3.05, 3.63) is 17.5 Å². The van der Waals surface area contributed by atoms with Crippen molar-refractivity contribution in [2.24, 2.45) is 13.0 Å². The van der Waals surface area contributed by atoms with E-state index in [4.69, 9.17) is 0 Å². The minimum Gasteiger partial charge on any atom is -0.316 e. The van der Waals surface area contributed by atoms with Gasteiger partial charge in [0.1, 0.15) is 0 Å². The molecule has 2 heterocycles. The fraction of sp³-hybridized carbons (Fsp3) is 0.800. The molecule has 0 bridgehead atoms. The zero-order valence-corrected chi connectivity index (χ0v) is 12.7. The number of nitrogens with zero attached hydrogens (tertiary/aromatic N) is 3. The van der Waals surface area contributed by atoms with Crippen LogP contribution >= 0.6 is 0 Å². The summed E-state index contributed by atoms with van der Waals surface area (Å²) in [6.07, 6.45) is 6.09. The Kier molecular flexibility index (Phi) is 5.40. The van der Waals surface area contributed by atoms with E-state index in [0.29, 0.717) is 0 Å². The molecule has 108 valence electrons. The van der Waals surface area contributed by atoms with Crippen LogP contribution in [0.5, 0.6) is 0 Å². The topological polar surface area (TPSA) is 33.1 Å². The van der Waals surface area contributed by atoms with Gasteiger partial charge in [0, 0.05) is 31.9 Å². The molecule has 1 unspecified atom stereocenters. The van der Waals surface area contributed by atoms with Gasteiger partial charge in [-0.15, -0.1) is 0 Å². The first-order valence-corrected chi connectivity index (χ1v) is 7.61. The van der Waals surface area contributed by atoms with Crippen molar-refractivity contribution in [2.75, 3.05) is 26.2 Å². The molecule has 0 amide bonds. The Balaban J connectivity index is 1.93. The second-order valence-corrected chi connectivity index (χ2v) is 5.86. The second kappa shape index (κ2) is 7.06. The molecule has 0 saturated carbocycles. The summed E-state index contributed by atoms with van der Waals surface area (Å²) in [4.78, 5) is 2.60. The molecule has 0 spiro atoms. The van der Waals surface area contributed by atoms with Crippen LogP contribution in [0.3, 0.4) is 0 Å². The predicted octanol–water partition coefficient (Wildman–Crippen LogP) is 1.94. The highest BCUT2D eigenvalue weighted by Crippen LogP contribution is 2.15. The molecule has 1 aliphatic rings. The number of nitrogens with one attached hydrogen (secondary N) is 1. The molecule has 1 aliphatic heterocycles. The first-order chi connectivity index (χ1) is 9.19. The third-order valence-corrected chi connectivity index (χ3v) is 3.96. The molecular weight excluding hydrogens is 236 g/mol. The van der Waals surface area contributed by atoms with Crippen molar-refractivity contribution >= 4 is 0 Å². The van der Waals surface area contributed by atoms with Crippen LogP contribution in [-0.4, -0.2) is 40.9 Å². The lowest BCUT2D eigenvalue weighted by Gasteiger charge is -2.29. The molecule has 1 aromatic heterocycles. The Bertz CT molecular complexity index is 379. The van der Waals surface area contributed by atoms with Crippen molar-refractivity contribution in [3.63, 3.8) is 0 Å². The largest absolute Gasteiger partial charge is 0.316 e. The van der Waals surface area contributed by atoms with E-state index < -0.39 is 0 Å². The molecule has 0 radical (unpaired) electrons. The minimum atomic E-state index is 0.817. The highest BCUT2D eigenvalue weighted by molar-refractivity contribution is 5.15. The first-order valence-electron chi connectivity index (χ1n) is 7.61. The van der Waals surface area contributed by atoms with E-state index in [1.165, 1.54) is 56.7 Å². The van der Waals surface area contributed by atoms with E-state index in [1.807, 2.05) is 11.7 Å². The molecule has 1 fully saturated rings. The fourth-order valence-corrected chi connectivity index (χ4v) is 3.04. The standard InChI is InChI=1S/C15H28N4/c1-4-8-19(10-14-6-5-7-16-9-14)12-15-11-18(3)17-13(15)2/h11,14,16H,4-10,12H2,1-3H3. The summed E-state index contributed by atoms with van der Waals surface area (Å²) in [6.45, 7) is 10.2.